The number of nitrogens with zero attached hydrogens (tertiary/aromatic N) is 3. The fourth-order valence-electron chi connectivity index (χ4n) is 4.03. The van der Waals surface area contributed by atoms with E-state index in [4.69, 9.17) is 4.42 Å². The van der Waals surface area contributed by atoms with Gasteiger partial charge in [-0.15, -0.1) is 10.2 Å². The van der Waals surface area contributed by atoms with Crippen LogP contribution in [-0.4, -0.2) is 38.2 Å². The molecular weight excluding hydrogens is 442 g/mol. The van der Waals surface area contributed by atoms with Crippen LogP contribution in [0, 0.1) is 0 Å². The molecule has 0 saturated carbocycles. The van der Waals surface area contributed by atoms with Crippen molar-refractivity contribution in [2.75, 3.05) is 11.1 Å². The van der Waals surface area contributed by atoms with Gasteiger partial charge in [0.2, 0.25) is 17.7 Å². The molecule has 3 heterocycles. The highest BCUT2D eigenvalue weighted by molar-refractivity contribution is 7.99. The Bertz CT molecular complexity index is 1160. The summed E-state index contributed by atoms with van der Waals surface area (Å²) in [5.41, 5.74) is 0.752. The summed E-state index contributed by atoms with van der Waals surface area (Å²) in [6, 6.07) is 10.8. The number of furan rings is 1. The Kier molecular flexibility index (Phi) is 6.64. The maximum Gasteiger partial charge on any atom is 0.237 e. The molecule has 1 aromatic carbocycles. The molecule has 1 unspecified atom stereocenters. The number of anilines is 1. The van der Waals surface area contributed by atoms with Gasteiger partial charge >= 0.3 is 0 Å². The van der Waals surface area contributed by atoms with Crippen molar-refractivity contribution in [1.82, 2.24) is 20.1 Å². The van der Waals surface area contributed by atoms with Crippen molar-refractivity contribution in [1.29, 1.82) is 0 Å². The molecule has 0 radical (unpaired) electrons. The van der Waals surface area contributed by atoms with Crippen molar-refractivity contribution < 1.29 is 18.8 Å². The van der Waals surface area contributed by atoms with Crippen LogP contribution in [0.15, 0.2) is 52.2 Å². The van der Waals surface area contributed by atoms with Gasteiger partial charge in [-0.3, -0.25) is 24.3 Å². The molecule has 1 fully saturated rings. The minimum Gasteiger partial charge on any atom is -0.461 e. The largest absolute Gasteiger partial charge is 0.461 e. The number of amides is 3. The predicted molar refractivity (Wildman–Crippen MR) is 124 cm³/mol. The van der Waals surface area contributed by atoms with E-state index < -0.39 is 5.41 Å². The zero-order valence-corrected chi connectivity index (χ0v) is 19.3. The molecule has 33 heavy (non-hydrogen) atoms. The smallest absolute Gasteiger partial charge is 0.237 e. The Labute approximate surface area is 195 Å². The average Bonchev–Trinajstić information content (AvgIpc) is 3.48. The molecule has 10 heteroatoms. The fourth-order valence-corrected chi connectivity index (χ4v) is 4.84. The minimum absolute atomic E-state index is 0.168. The van der Waals surface area contributed by atoms with E-state index in [0.29, 0.717) is 48.2 Å². The number of carbonyl (C=O) groups excluding carboxylic acids is 3. The number of benzene rings is 1. The van der Waals surface area contributed by atoms with E-state index in [0.717, 1.165) is 5.56 Å². The summed E-state index contributed by atoms with van der Waals surface area (Å²) >= 11 is 1.30. The normalized spacial score (nSPS) is 18.2. The number of rotatable bonds is 8. The topological polar surface area (TPSA) is 119 Å². The number of thioether (sulfide) groups is 1. The summed E-state index contributed by atoms with van der Waals surface area (Å²) in [6.45, 7) is 4.56. The van der Waals surface area contributed by atoms with Gasteiger partial charge in [0.1, 0.15) is 0 Å². The number of piperidine rings is 1. The molecule has 1 aliphatic heterocycles. The van der Waals surface area contributed by atoms with E-state index in [2.05, 4.69) is 20.8 Å². The van der Waals surface area contributed by atoms with Crippen LogP contribution in [0.3, 0.4) is 0 Å². The molecule has 0 bridgehead atoms. The van der Waals surface area contributed by atoms with E-state index >= 15 is 0 Å². The van der Waals surface area contributed by atoms with Crippen LogP contribution in [0.2, 0.25) is 0 Å². The van der Waals surface area contributed by atoms with Crippen molar-refractivity contribution in [3.8, 4) is 11.6 Å². The van der Waals surface area contributed by atoms with Gasteiger partial charge in [0.05, 0.1) is 17.4 Å². The van der Waals surface area contributed by atoms with Gasteiger partial charge < -0.3 is 9.73 Å². The van der Waals surface area contributed by atoms with E-state index in [1.54, 1.807) is 24.5 Å². The van der Waals surface area contributed by atoms with Crippen molar-refractivity contribution in [3.63, 3.8) is 0 Å². The maximum absolute atomic E-state index is 12.5. The third-order valence-corrected chi connectivity index (χ3v) is 6.86. The third kappa shape index (κ3) is 4.56. The molecule has 1 saturated heterocycles. The van der Waals surface area contributed by atoms with E-state index in [9.17, 15) is 14.4 Å². The molecule has 0 spiro atoms. The second-order valence-electron chi connectivity index (χ2n) is 7.75. The molecule has 0 aliphatic carbocycles. The predicted octanol–water partition coefficient (Wildman–Crippen LogP) is 3.37. The van der Waals surface area contributed by atoms with Gasteiger partial charge in [0, 0.05) is 18.7 Å². The van der Waals surface area contributed by atoms with Crippen molar-refractivity contribution in [2.45, 2.75) is 50.2 Å². The molecule has 3 aromatic rings. The summed E-state index contributed by atoms with van der Waals surface area (Å²) in [4.78, 5) is 36.6. The first-order valence-electron chi connectivity index (χ1n) is 10.8. The third-order valence-electron chi connectivity index (χ3n) is 5.90. The highest BCUT2D eigenvalue weighted by Crippen LogP contribution is 2.36. The van der Waals surface area contributed by atoms with Crippen LogP contribution in [0.4, 0.5) is 5.69 Å². The molecule has 172 valence electrons. The zero-order valence-electron chi connectivity index (χ0n) is 18.5. The second-order valence-corrected chi connectivity index (χ2v) is 8.70. The quantitative estimate of drug-likeness (QED) is 0.385. The van der Waals surface area contributed by atoms with Crippen LogP contribution in [0.5, 0.6) is 0 Å². The number of carbonyl (C=O) groups is 3. The Morgan fingerprint density at radius 3 is 2.64 bits per heavy atom. The van der Waals surface area contributed by atoms with Crippen molar-refractivity contribution in [2.24, 2.45) is 0 Å². The maximum atomic E-state index is 12.5. The highest BCUT2D eigenvalue weighted by Gasteiger charge is 2.42. The van der Waals surface area contributed by atoms with Crippen LogP contribution in [0.25, 0.3) is 11.6 Å². The minimum atomic E-state index is -0.720. The lowest BCUT2D eigenvalue weighted by atomic mass is 9.72. The molecule has 1 atom stereocenters. The summed E-state index contributed by atoms with van der Waals surface area (Å²) in [5, 5.41) is 14.3. The van der Waals surface area contributed by atoms with E-state index in [1.165, 1.54) is 11.8 Å². The Hall–Kier alpha value is -3.40. The van der Waals surface area contributed by atoms with Gasteiger partial charge in [-0.25, -0.2) is 0 Å². The lowest BCUT2D eigenvalue weighted by Gasteiger charge is -2.35. The van der Waals surface area contributed by atoms with Gasteiger partial charge in [0.15, 0.2) is 16.7 Å². The van der Waals surface area contributed by atoms with Gasteiger partial charge in [-0.05, 0) is 49.6 Å². The molecule has 3 amide bonds. The van der Waals surface area contributed by atoms with Crippen molar-refractivity contribution in [3.05, 3.63) is 48.2 Å². The molecule has 4 rings (SSSR count). The van der Waals surface area contributed by atoms with Crippen LogP contribution in [-0.2, 0) is 26.3 Å². The van der Waals surface area contributed by atoms with E-state index in [-0.39, 0.29) is 23.5 Å². The second kappa shape index (κ2) is 9.62. The Morgan fingerprint density at radius 1 is 1.21 bits per heavy atom. The summed E-state index contributed by atoms with van der Waals surface area (Å²) in [6.07, 6.45) is 2.97. The Balaban J connectivity index is 1.39. The molecular formula is C23H25N5O4S. The van der Waals surface area contributed by atoms with Gasteiger partial charge in [-0.2, -0.15) is 0 Å². The first-order chi connectivity index (χ1) is 16.0. The van der Waals surface area contributed by atoms with Crippen LogP contribution in [0.1, 0.15) is 38.7 Å². The summed E-state index contributed by atoms with van der Waals surface area (Å²) in [7, 11) is 0. The molecule has 2 aromatic heterocycles. The molecule has 1 aliphatic rings. The highest BCUT2D eigenvalue weighted by atomic mass is 32.2. The number of hydrogen-bond donors (Lipinski definition) is 2. The van der Waals surface area contributed by atoms with Crippen molar-refractivity contribution >= 4 is 35.2 Å². The Morgan fingerprint density at radius 2 is 2.00 bits per heavy atom. The average molecular weight is 468 g/mol. The monoisotopic (exact) mass is 467 g/mol. The number of hydrogen-bond acceptors (Lipinski definition) is 7. The van der Waals surface area contributed by atoms with Gasteiger partial charge in [-0.1, -0.05) is 30.8 Å². The summed E-state index contributed by atoms with van der Waals surface area (Å²) in [5.74, 6) is 0.746. The standard InChI is InChI=1S/C23H25N5O4S/c1-3-23(12-11-18(29)25-21(23)31)15-7-9-16(10-8-15)24-19(30)14-33-22-27-26-20(28(22)4-2)17-6-5-13-32-17/h5-10,13H,3-4,11-12,14H2,1-2H3,(H,24,30)(H,25,29,31). The summed E-state index contributed by atoms with van der Waals surface area (Å²) < 4.78 is 7.31. The van der Waals surface area contributed by atoms with E-state index in [1.807, 2.05) is 36.6 Å². The number of nitrogens with one attached hydrogen (secondary N) is 2. The number of imide groups is 1. The first-order valence-corrected chi connectivity index (χ1v) is 11.8. The van der Waals surface area contributed by atoms with Crippen LogP contribution < -0.4 is 10.6 Å². The lowest BCUT2D eigenvalue weighted by molar-refractivity contribution is -0.138. The SMILES string of the molecule is CCn1c(SCC(=O)Nc2ccc(C3(CC)CCC(=O)NC3=O)cc2)nnc1-c1ccco1. The molecule has 2 N–H and O–H groups in total. The van der Waals surface area contributed by atoms with Gasteiger partial charge in [0.25, 0.3) is 0 Å². The molecule has 9 nitrogen and oxygen atoms in total. The fraction of sp³-hybridized carbons (Fsp3) is 0.348. The number of aromatic nitrogens is 3. The first kappa shape index (κ1) is 22.8. The van der Waals surface area contributed by atoms with Crippen LogP contribution >= 0.6 is 11.8 Å². The zero-order chi connectivity index (χ0) is 23.4. The lowest BCUT2D eigenvalue weighted by Crippen LogP contribution is -2.51.